The fraction of sp³-hybridized carbons (Fsp3) is 0.419. The first kappa shape index (κ1) is 32.0. The molecule has 0 saturated heterocycles. The zero-order valence-electron chi connectivity index (χ0n) is 25.7. The van der Waals surface area contributed by atoms with Crippen LogP contribution >= 0.6 is 0 Å². The summed E-state index contributed by atoms with van der Waals surface area (Å²) in [6.07, 6.45) is 3.09. The average Bonchev–Trinajstić information content (AvgIpc) is 3.46. The highest BCUT2D eigenvalue weighted by atomic mass is 16.6. The number of aromatic amines is 1. The van der Waals surface area contributed by atoms with Crippen molar-refractivity contribution >= 4 is 51.3 Å². The number of hydrogen-bond donors (Lipinski definition) is 4. The van der Waals surface area contributed by atoms with Crippen molar-refractivity contribution in [2.45, 2.75) is 71.6 Å². The van der Waals surface area contributed by atoms with Crippen molar-refractivity contribution in [1.82, 2.24) is 25.3 Å². The van der Waals surface area contributed by atoms with Crippen LogP contribution in [-0.4, -0.2) is 68.7 Å². The molecule has 13 heteroatoms. The number of carbonyl (C=O) groups is 3. The lowest BCUT2D eigenvalue weighted by atomic mass is 10.1. The number of rotatable bonds is 13. The molecular formula is C31H40N8O5. The minimum Gasteiger partial charge on any atom is -0.491 e. The van der Waals surface area contributed by atoms with Gasteiger partial charge in [-0.3, -0.25) is 9.59 Å². The van der Waals surface area contributed by atoms with Crippen molar-refractivity contribution in [1.29, 1.82) is 0 Å². The summed E-state index contributed by atoms with van der Waals surface area (Å²) in [7, 11) is 0. The lowest BCUT2D eigenvalue weighted by molar-refractivity contribution is -0.119. The van der Waals surface area contributed by atoms with Crippen LogP contribution in [0.15, 0.2) is 49.1 Å². The zero-order chi connectivity index (χ0) is 31.9. The van der Waals surface area contributed by atoms with E-state index in [1.807, 2.05) is 30.3 Å². The first-order valence-electron chi connectivity index (χ1n) is 14.6. The van der Waals surface area contributed by atoms with Gasteiger partial charge in [0.25, 0.3) is 0 Å². The summed E-state index contributed by atoms with van der Waals surface area (Å²) in [4.78, 5) is 55.4. The standard InChI is InChI=1S/C31H40N8O5/c1-6-21(39(7-2)28-26-27(34-17-33-26)35-18-36-28)16-43-24-10-8-9-19-11-12-20(15-22(19)24)37-29(41)23(13-14-25(32)40)38-30(42)44-31(3,4)5/h8-12,15,17-18,21,23H,6-7,13-14,16H2,1-5H3,(H2,32,40)(H,37,41)(H,38,42)(H,33,34,35,36)/t21-,23+/m1/s1. The molecule has 2 aromatic carbocycles. The SMILES string of the molecule is CC[C@H](COc1cccc2ccc(NC(=O)[C@H](CCC(N)=O)NC(=O)OC(C)(C)C)cc12)N(CC)c1ncnc2nc[nH]c12. The Bertz CT molecular complexity index is 1620. The van der Waals surface area contributed by atoms with Crippen molar-refractivity contribution in [3.05, 3.63) is 49.1 Å². The van der Waals surface area contributed by atoms with E-state index in [1.165, 1.54) is 6.33 Å². The lowest BCUT2D eigenvalue weighted by Gasteiger charge is -2.31. The molecule has 234 valence electrons. The average molecular weight is 605 g/mol. The van der Waals surface area contributed by atoms with E-state index in [9.17, 15) is 14.4 Å². The molecule has 44 heavy (non-hydrogen) atoms. The molecule has 0 aliphatic rings. The molecule has 3 amide bonds. The number of likely N-dealkylation sites (N-methyl/N-ethyl adjacent to an activating group) is 1. The highest BCUT2D eigenvalue weighted by molar-refractivity contribution is 5.99. The Kier molecular flexibility index (Phi) is 10.2. The molecule has 2 aromatic heterocycles. The molecule has 0 fully saturated rings. The van der Waals surface area contributed by atoms with Crippen LogP contribution in [-0.2, 0) is 14.3 Å². The largest absolute Gasteiger partial charge is 0.491 e. The number of H-pyrrole nitrogens is 1. The van der Waals surface area contributed by atoms with E-state index in [4.69, 9.17) is 15.2 Å². The van der Waals surface area contributed by atoms with Gasteiger partial charge in [0, 0.05) is 24.0 Å². The van der Waals surface area contributed by atoms with Gasteiger partial charge in [-0.05, 0) is 64.1 Å². The summed E-state index contributed by atoms with van der Waals surface area (Å²) in [6.45, 7) is 10.4. The monoisotopic (exact) mass is 604 g/mol. The van der Waals surface area contributed by atoms with Gasteiger partial charge in [0.05, 0.1) is 12.4 Å². The summed E-state index contributed by atoms with van der Waals surface area (Å²) >= 11 is 0. The second-order valence-electron chi connectivity index (χ2n) is 11.3. The molecule has 0 radical (unpaired) electrons. The summed E-state index contributed by atoms with van der Waals surface area (Å²) in [6, 6.07) is 10.2. The number of anilines is 2. The van der Waals surface area contributed by atoms with Crippen molar-refractivity contribution in [3.63, 3.8) is 0 Å². The maximum Gasteiger partial charge on any atom is 0.408 e. The molecule has 0 spiro atoms. The molecule has 4 rings (SSSR count). The number of hydrogen-bond acceptors (Lipinski definition) is 9. The van der Waals surface area contributed by atoms with E-state index in [1.54, 1.807) is 33.2 Å². The molecule has 0 aliphatic carbocycles. The maximum absolute atomic E-state index is 13.2. The summed E-state index contributed by atoms with van der Waals surface area (Å²) in [5.74, 6) is 0.329. The zero-order valence-corrected chi connectivity index (χ0v) is 25.7. The van der Waals surface area contributed by atoms with E-state index in [-0.39, 0.29) is 18.9 Å². The van der Waals surface area contributed by atoms with Crippen LogP contribution in [0.5, 0.6) is 5.75 Å². The predicted molar refractivity (Wildman–Crippen MR) is 168 cm³/mol. The number of primary amides is 1. The minimum absolute atomic E-state index is 0.00415. The molecule has 13 nitrogen and oxygen atoms in total. The van der Waals surface area contributed by atoms with Crippen LogP contribution in [0.1, 0.15) is 53.9 Å². The first-order valence-corrected chi connectivity index (χ1v) is 14.6. The number of imidazole rings is 1. The normalized spacial score (nSPS) is 12.8. The number of alkyl carbamates (subject to hydrolysis) is 1. The number of fused-ring (bicyclic) bond motifs is 2. The molecule has 5 N–H and O–H groups in total. The van der Waals surface area contributed by atoms with Gasteiger partial charge in [-0.1, -0.05) is 25.1 Å². The third-order valence-corrected chi connectivity index (χ3v) is 6.96. The Labute approximate surface area is 255 Å². The minimum atomic E-state index is -1.03. The van der Waals surface area contributed by atoms with Crippen LogP contribution in [0.25, 0.3) is 21.9 Å². The molecule has 0 bridgehead atoms. The van der Waals surface area contributed by atoms with Crippen molar-refractivity contribution in [2.75, 3.05) is 23.4 Å². The topological polar surface area (TPSA) is 177 Å². The third-order valence-electron chi connectivity index (χ3n) is 6.96. The van der Waals surface area contributed by atoms with E-state index >= 15 is 0 Å². The van der Waals surface area contributed by atoms with Crippen molar-refractivity contribution in [2.24, 2.45) is 5.73 Å². The van der Waals surface area contributed by atoms with Gasteiger partial charge in [0.2, 0.25) is 11.8 Å². The Morgan fingerprint density at radius 3 is 2.59 bits per heavy atom. The number of carbonyl (C=O) groups excluding carboxylic acids is 3. The van der Waals surface area contributed by atoms with Gasteiger partial charge in [-0.25, -0.2) is 19.7 Å². The van der Waals surface area contributed by atoms with Gasteiger partial charge >= 0.3 is 6.09 Å². The second-order valence-corrected chi connectivity index (χ2v) is 11.3. The van der Waals surface area contributed by atoms with Gasteiger partial charge in [-0.15, -0.1) is 0 Å². The number of ether oxygens (including phenoxy) is 2. The first-order chi connectivity index (χ1) is 21.0. The van der Waals surface area contributed by atoms with Crippen LogP contribution < -0.4 is 26.0 Å². The number of nitrogens with zero attached hydrogens (tertiary/aromatic N) is 4. The Hall–Kier alpha value is -4.94. The Morgan fingerprint density at radius 1 is 1.09 bits per heavy atom. The van der Waals surface area contributed by atoms with Crippen LogP contribution in [0.2, 0.25) is 0 Å². The highest BCUT2D eigenvalue weighted by Gasteiger charge is 2.25. The van der Waals surface area contributed by atoms with E-state index in [0.29, 0.717) is 30.2 Å². The second kappa shape index (κ2) is 14.0. The Morgan fingerprint density at radius 2 is 1.89 bits per heavy atom. The highest BCUT2D eigenvalue weighted by Crippen LogP contribution is 2.30. The molecule has 2 heterocycles. The number of amides is 3. The molecule has 0 unspecified atom stereocenters. The fourth-order valence-electron chi connectivity index (χ4n) is 4.85. The lowest BCUT2D eigenvalue weighted by Crippen LogP contribution is -2.46. The summed E-state index contributed by atoms with van der Waals surface area (Å²) in [5.41, 5.74) is 6.42. The van der Waals surface area contributed by atoms with Crippen LogP contribution in [0.3, 0.4) is 0 Å². The maximum atomic E-state index is 13.2. The van der Waals surface area contributed by atoms with Crippen LogP contribution in [0, 0.1) is 0 Å². The van der Waals surface area contributed by atoms with Crippen molar-refractivity contribution < 1.29 is 23.9 Å². The van der Waals surface area contributed by atoms with E-state index in [2.05, 4.69) is 49.3 Å². The van der Waals surface area contributed by atoms with Gasteiger partial charge < -0.3 is 35.7 Å². The van der Waals surface area contributed by atoms with Crippen molar-refractivity contribution in [3.8, 4) is 5.75 Å². The van der Waals surface area contributed by atoms with Gasteiger partial charge in [0.15, 0.2) is 11.5 Å². The summed E-state index contributed by atoms with van der Waals surface area (Å²) < 4.78 is 11.7. The predicted octanol–water partition coefficient (Wildman–Crippen LogP) is 4.29. The smallest absolute Gasteiger partial charge is 0.408 e. The van der Waals surface area contributed by atoms with Crippen LogP contribution in [0.4, 0.5) is 16.3 Å². The molecule has 2 atom stereocenters. The summed E-state index contributed by atoms with van der Waals surface area (Å²) in [5, 5.41) is 7.12. The van der Waals surface area contributed by atoms with E-state index < -0.39 is 29.6 Å². The number of benzene rings is 2. The Balaban J connectivity index is 1.52. The fourth-order valence-corrected chi connectivity index (χ4v) is 4.85. The quantitative estimate of drug-likeness (QED) is 0.173. The molecule has 4 aromatic rings. The molecular weight excluding hydrogens is 564 g/mol. The number of aromatic nitrogens is 4. The van der Waals surface area contributed by atoms with E-state index in [0.717, 1.165) is 28.5 Å². The third kappa shape index (κ3) is 8.12. The number of nitrogens with two attached hydrogens (primary N) is 1. The molecule has 0 saturated carbocycles. The van der Waals surface area contributed by atoms with Gasteiger partial charge in [-0.2, -0.15) is 0 Å². The number of nitrogens with one attached hydrogen (secondary N) is 3. The van der Waals surface area contributed by atoms with Gasteiger partial charge in [0.1, 0.15) is 35.8 Å². The molecule has 0 aliphatic heterocycles.